The normalized spacial score (nSPS) is 11.4. The van der Waals surface area contributed by atoms with Crippen LogP contribution in [0, 0.1) is 0 Å². The second-order valence-electron chi connectivity index (χ2n) is 5.62. The van der Waals surface area contributed by atoms with E-state index in [4.69, 9.17) is 4.42 Å². The average Bonchev–Trinajstić information content (AvgIpc) is 3.10. The number of furan rings is 1. The Morgan fingerprint density at radius 2 is 1.84 bits per heavy atom. The second kappa shape index (κ2) is 6.98. The number of carbonyl (C=O) groups is 1. The van der Waals surface area contributed by atoms with E-state index in [-0.39, 0.29) is 13.1 Å². The van der Waals surface area contributed by atoms with Crippen LogP contribution in [0.2, 0.25) is 0 Å². The molecule has 6 nitrogen and oxygen atoms in total. The highest BCUT2D eigenvalue weighted by Crippen LogP contribution is 2.28. The fraction of sp³-hybridized carbons (Fsp3) is 0.167. The molecule has 0 aliphatic heterocycles. The molecule has 3 rings (SSSR count). The van der Waals surface area contributed by atoms with Crippen LogP contribution in [-0.4, -0.2) is 27.1 Å². The Balaban J connectivity index is 1.86. The fourth-order valence-corrected chi connectivity index (χ4v) is 3.46. The van der Waals surface area contributed by atoms with Crippen LogP contribution >= 0.6 is 0 Å². The summed E-state index contributed by atoms with van der Waals surface area (Å²) in [6.07, 6.45) is 2.61. The lowest BCUT2D eigenvalue weighted by Crippen LogP contribution is -2.40. The largest absolute Gasteiger partial charge is 0.467 e. The first kappa shape index (κ1) is 17.0. The van der Waals surface area contributed by atoms with E-state index < -0.39 is 15.9 Å². The van der Waals surface area contributed by atoms with E-state index in [0.717, 1.165) is 21.3 Å². The van der Waals surface area contributed by atoms with Crippen LogP contribution in [-0.2, 0) is 21.4 Å². The van der Waals surface area contributed by atoms with E-state index in [9.17, 15) is 13.2 Å². The van der Waals surface area contributed by atoms with E-state index in [1.54, 1.807) is 24.3 Å². The van der Waals surface area contributed by atoms with Gasteiger partial charge in [0.1, 0.15) is 12.3 Å². The van der Waals surface area contributed by atoms with Gasteiger partial charge in [0.25, 0.3) is 0 Å². The number of nitrogens with zero attached hydrogens (tertiary/aromatic N) is 1. The van der Waals surface area contributed by atoms with Gasteiger partial charge >= 0.3 is 0 Å². The van der Waals surface area contributed by atoms with Gasteiger partial charge in [0.05, 0.1) is 24.8 Å². The van der Waals surface area contributed by atoms with E-state index in [1.165, 1.54) is 6.26 Å². The number of hydrogen-bond acceptors (Lipinski definition) is 4. The predicted molar refractivity (Wildman–Crippen MR) is 96.7 cm³/mol. The smallest absolute Gasteiger partial charge is 0.241 e. The molecule has 1 heterocycles. The molecule has 0 saturated heterocycles. The van der Waals surface area contributed by atoms with E-state index in [0.29, 0.717) is 11.4 Å². The summed E-state index contributed by atoms with van der Waals surface area (Å²) in [5.41, 5.74) is 0.480. The Morgan fingerprint density at radius 3 is 2.56 bits per heavy atom. The zero-order valence-electron chi connectivity index (χ0n) is 13.7. The zero-order valence-corrected chi connectivity index (χ0v) is 14.5. The van der Waals surface area contributed by atoms with Crippen LogP contribution in [0.5, 0.6) is 0 Å². The van der Waals surface area contributed by atoms with Gasteiger partial charge in [-0.2, -0.15) is 0 Å². The van der Waals surface area contributed by atoms with Crippen molar-refractivity contribution in [2.45, 2.75) is 6.54 Å². The van der Waals surface area contributed by atoms with Gasteiger partial charge in [0.15, 0.2) is 0 Å². The van der Waals surface area contributed by atoms with Crippen molar-refractivity contribution in [3.8, 4) is 0 Å². The lowest BCUT2D eigenvalue weighted by molar-refractivity contribution is -0.119. The second-order valence-corrected chi connectivity index (χ2v) is 7.53. The molecular formula is C18H18N2O4S. The molecule has 0 spiro atoms. The molecule has 0 radical (unpaired) electrons. The van der Waals surface area contributed by atoms with Crippen molar-refractivity contribution >= 4 is 32.4 Å². The minimum Gasteiger partial charge on any atom is -0.467 e. The molecule has 0 bridgehead atoms. The summed E-state index contributed by atoms with van der Waals surface area (Å²) in [6.45, 7) is -0.0908. The van der Waals surface area contributed by atoms with Crippen molar-refractivity contribution in [3.05, 3.63) is 66.6 Å². The number of nitrogens with one attached hydrogen (secondary N) is 1. The number of benzene rings is 2. The number of fused-ring (bicyclic) bond motifs is 1. The highest BCUT2D eigenvalue weighted by Gasteiger charge is 2.22. The molecule has 7 heteroatoms. The molecule has 0 aliphatic carbocycles. The highest BCUT2D eigenvalue weighted by atomic mass is 32.2. The Bertz CT molecular complexity index is 976. The molecule has 1 amide bonds. The van der Waals surface area contributed by atoms with Crippen molar-refractivity contribution in [1.82, 2.24) is 5.32 Å². The molecule has 0 fully saturated rings. The standard InChI is InChI=1S/C18H18N2O4S/c1-25(22,23)20(13-18(21)19-12-15-8-5-11-24-15)17-10-4-7-14-6-2-3-9-16(14)17/h2-11H,12-13H2,1H3,(H,19,21). The minimum absolute atomic E-state index is 0.207. The lowest BCUT2D eigenvalue weighted by Gasteiger charge is -2.23. The van der Waals surface area contributed by atoms with Crippen molar-refractivity contribution in [3.63, 3.8) is 0 Å². The van der Waals surface area contributed by atoms with Gasteiger partial charge in [-0.25, -0.2) is 8.42 Å². The van der Waals surface area contributed by atoms with Crippen molar-refractivity contribution < 1.29 is 17.6 Å². The van der Waals surface area contributed by atoms with Gasteiger partial charge in [-0.15, -0.1) is 0 Å². The lowest BCUT2D eigenvalue weighted by atomic mass is 10.1. The Kier molecular flexibility index (Phi) is 4.76. The Labute approximate surface area is 146 Å². The maximum absolute atomic E-state index is 12.3. The number of carbonyl (C=O) groups excluding carboxylic acids is 1. The first-order valence-electron chi connectivity index (χ1n) is 7.70. The molecule has 0 unspecified atom stereocenters. The summed E-state index contributed by atoms with van der Waals surface area (Å²) >= 11 is 0. The zero-order chi connectivity index (χ0) is 17.9. The summed E-state index contributed by atoms with van der Waals surface area (Å²) in [7, 11) is -3.63. The number of hydrogen-bond donors (Lipinski definition) is 1. The first-order valence-corrected chi connectivity index (χ1v) is 9.54. The monoisotopic (exact) mass is 358 g/mol. The molecule has 2 aromatic carbocycles. The summed E-state index contributed by atoms with van der Waals surface area (Å²) < 4.78 is 30.8. The molecule has 1 aromatic heterocycles. The molecule has 0 aliphatic rings. The van der Waals surface area contributed by atoms with Crippen LogP contribution in [0.1, 0.15) is 5.76 Å². The number of rotatable bonds is 6. The fourth-order valence-electron chi connectivity index (χ4n) is 2.59. The molecule has 3 aromatic rings. The van der Waals surface area contributed by atoms with E-state index in [1.807, 2.05) is 30.3 Å². The molecular weight excluding hydrogens is 340 g/mol. The quantitative estimate of drug-likeness (QED) is 0.734. The van der Waals surface area contributed by atoms with Gasteiger partial charge in [0.2, 0.25) is 15.9 Å². The summed E-state index contributed by atoms with van der Waals surface area (Å²) in [5.74, 6) is 0.194. The number of anilines is 1. The predicted octanol–water partition coefficient (Wildman–Crippen LogP) is 2.52. The summed E-state index contributed by atoms with van der Waals surface area (Å²) in [5, 5.41) is 4.35. The molecule has 130 valence electrons. The third-order valence-corrected chi connectivity index (χ3v) is 4.89. The average molecular weight is 358 g/mol. The molecule has 25 heavy (non-hydrogen) atoms. The maximum Gasteiger partial charge on any atom is 0.241 e. The van der Waals surface area contributed by atoms with E-state index >= 15 is 0 Å². The summed E-state index contributed by atoms with van der Waals surface area (Å²) in [6, 6.07) is 16.3. The van der Waals surface area contributed by atoms with Gasteiger partial charge in [-0.1, -0.05) is 36.4 Å². The third-order valence-electron chi connectivity index (χ3n) is 3.76. The molecule has 1 N–H and O–H groups in total. The van der Waals surface area contributed by atoms with Crippen LogP contribution < -0.4 is 9.62 Å². The first-order chi connectivity index (χ1) is 11.9. The molecule has 0 atom stereocenters. The third kappa shape index (κ3) is 4.00. The SMILES string of the molecule is CS(=O)(=O)N(CC(=O)NCc1ccco1)c1cccc2ccccc12. The number of sulfonamides is 1. The van der Waals surface area contributed by atoms with Crippen molar-refractivity contribution in [2.75, 3.05) is 17.1 Å². The van der Waals surface area contributed by atoms with E-state index in [2.05, 4.69) is 5.32 Å². The van der Waals surface area contributed by atoms with Crippen LogP contribution in [0.3, 0.4) is 0 Å². The highest BCUT2D eigenvalue weighted by molar-refractivity contribution is 7.92. The summed E-state index contributed by atoms with van der Waals surface area (Å²) in [4.78, 5) is 12.2. The topological polar surface area (TPSA) is 79.6 Å². The van der Waals surface area contributed by atoms with Crippen LogP contribution in [0.15, 0.2) is 65.3 Å². The Hall–Kier alpha value is -2.80. The van der Waals surface area contributed by atoms with Crippen molar-refractivity contribution in [2.24, 2.45) is 0 Å². The van der Waals surface area contributed by atoms with Gasteiger partial charge < -0.3 is 9.73 Å². The van der Waals surface area contributed by atoms with Gasteiger partial charge in [0, 0.05) is 5.39 Å². The van der Waals surface area contributed by atoms with Gasteiger partial charge in [-0.3, -0.25) is 9.10 Å². The minimum atomic E-state index is -3.63. The molecule has 0 saturated carbocycles. The van der Waals surface area contributed by atoms with Gasteiger partial charge in [-0.05, 0) is 23.6 Å². The van der Waals surface area contributed by atoms with Crippen LogP contribution in [0.25, 0.3) is 10.8 Å². The maximum atomic E-state index is 12.3. The van der Waals surface area contributed by atoms with Crippen LogP contribution in [0.4, 0.5) is 5.69 Å². The number of amides is 1. The van der Waals surface area contributed by atoms with Crippen molar-refractivity contribution in [1.29, 1.82) is 0 Å². The Morgan fingerprint density at radius 1 is 1.08 bits per heavy atom.